The van der Waals surface area contributed by atoms with Gasteiger partial charge in [-0.2, -0.15) is 13.2 Å². The lowest BCUT2D eigenvalue weighted by molar-refractivity contribution is -0.153. The Morgan fingerprint density at radius 1 is 1.14 bits per heavy atom. The van der Waals surface area contributed by atoms with Crippen LogP contribution >= 0.6 is 0 Å². The van der Waals surface area contributed by atoms with Gasteiger partial charge in [0.05, 0.1) is 12.1 Å². The van der Waals surface area contributed by atoms with Gasteiger partial charge in [-0.3, -0.25) is 0 Å². The Labute approximate surface area is 159 Å². The van der Waals surface area contributed by atoms with Crippen LogP contribution in [0.5, 0.6) is 5.75 Å². The van der Waals surface area contributed by atoms with Crippen LogP contribution in [-0.4, -0.2) is 30.5 Å². The van der Waals surface area contributed by atoms with Crippen LogP contribution in [0.2, 0.25) is 0 Å². The van der Waals surface area contributed by atoms with Crippen molar-refractivity contribution in [2.75, 3.05) is 13.2 Å². The van der Waals surface area contributed by atoms with Crippen LogP contribution in [0.3, 0.4) is 0 Å². The highest BCUT2D eigenvalue weighted by molar-refractivity contribution is 5.74. The number of nitrogens with one attached hydrogen (secondary N) is 2. The zero-order chi connectivity index (χ0) is 20.7. The highest BCUT2D eigenvalue weighted by Crippen LogP contribution is 2.21. The molecule has 152 valence electrons. The van der Waals surface area contributed by atoms with Gasteiger partial charge in [0.25, 0.3) is 0 Å². The number of ether oxygens (including phenoxy) is 1. The maximum Gasteiger partial charge on any atom is 0.422 e. The Morgan fingerprint density at radius 3 is 2.39 bits per heavy atom. The Bertz CT molecular complexity index is 781. The third-order valence-electron chi connectivity index (χ3n) is 3.85. The predicted molar refractivity (Wildman–Crippen MR) is 94.3 cm³/mol. The third-order valence-corrected chi connectivity index (χ3v) is 3.85. The van der Waals surface area contributed by atoms with Crippen LogP contribution in [-0.2, 0) is 0 Å². The average Bonchev–Trinajstić information content (AvgIpc) is 2.64. The molecule has 0 aromatic heterocycles. The number of urea groups is 1. The fourth-order valence-electron chi connectivity index (χ4n) is 2.39. The van der Waals surface area contributed by atoms with Crippen LogP contribution < -0.4 is 15.4 Å². The van der Waals surface area contributed by atoms with E-state index in [0.717, 1.165) is 0 Å². The van der Waals surface area contributed by atoms with Gasteiger partial charge in [-0.15, -0.1) is 0 Å². The number of amides is 2. The van der Waals surface area contributed by atoms with Gasteiger partial charge in [0.1, 0.15) is 11.6 Å². The molecule has 0 saturated carbocycles. The molecule has 2 unspecified atom stereocenters. The van der Waals surface area contributed by atoms with Crippen molar-refractivity contribution in [3.05, 3.63) is 65.5 Å². The molecule has 0 aliphatic carbocycles. The van der Waals surface area contributed by atoms with E-state index in [9.17, 15) is 27.5 Å². The van der Waals surface area contributed by atoms with E-state index in [1.807, 2.05) is 0 Å². The van der Waals surface area contributed by atoms with Crippen molar-refractivity contribution in [2.45, 2.75) is 25.2 Å². The molecule has 0 fully saturated rings. The van der Waals surface area contributed by atoms with E-state index in [0.29, 0.717) is 5.56 Å². The smallest absolute Gasteiger partial charge is 0.422 e. The van der Waals surface area contributed by atoms with Gasteiger partial charge < -0.3 is 20.5 Å². The first-order chi connectivity index (χ1) is 13.2. The van der Waals surface area contributed by atoms with Gasteiger partial charge in [0.15, 0.2) is 6.61 Å². The molecule has 0 spiro atoms. The molecule has 0 bridgehead atoms. The number of aliphatic hydroxyl groups is 1. The maximum atomic E-state index is 13.6. The minimum Gasteiger partial charge on any atom is -0.484 e. The van der Waals surface area contributed by atoms with Crippen molar-refractivity contribution < 1.29 is 32.2 Å². The number of halogens is 4. The van der Waals surface area contributed by atoms with Crippen molar-refractivity contribution in [3.8, 4) is 5.75 Å². The topological polar surface area (TPSA) is 70.6 Å². The number of benzene rings is 2. The summed E-state index contributed by atoms with van der Waals surface area (Å²) >= 11 is 0. The van der Waals surface area contributed by atoms with E-state index in [1.165, 1.54) is 42.5 Å². The van der Waals surface area contributed by atoms with Crippen LogP contribution in [0.1, 0.15) is 30.2 Å². The fourth-order valence-corrected chi connectivity index (χ4v) is 2.39. The van der Waals surface area contributed by atoms with Crippen LogP contribution in [0.15, 0.2) is 48.5 Å². The van der Waals surface area contributed by atoms with Crippen molar-refractivity contribution >= 4 is 6.03 Å². The Morgan fingerprint density at radius 2 is 1.79 bits per heavy atom. The average molecular weight is 400 g/mol. The number of aliphatic hydroxyl groups excluding tert-OH is 1. The molecule has 2 aromatic carbocycles. The summed E-state index contributed by atoms with van der Waals surface area (Å²) in [7, 11) is 0. The normalized spacial score (nSPS) is 13.5. The van der Waals surface area contributed by atoms with Crippen LogP contribution in [0, 0.1) is 5.82 Å². The summed E-state index contributed by atoms with van der Waals surface area (Å²) in [4.78, 5) is 12.0. The zero-order valence-corrected chi connectivity index (χ0v) is 15.0. The second kappa shape index (κ2) is 9.41. The van der Waals surface area contributed by atoms with E-state index in [2.05, 4.69) is 15.4 Å². The van der Waals surface area contributed by atoms with Crippen molar-refractivity contribution in [3.63, 3.8) is 0 Å². The van der Waals surface area contributed by atoms with Crippen molar-refractivity contribution in [1.29, 1.82) is 0 Å². The second-order valence-electron chi connectivity index (χ2n) is 6.09. The summed E-state index contributed by atoms with van der Waals surface area (Å²) in [6, 6.07) is 10.5. The molecule has 2 atom stereocenters. The highest BCUT2D eigenvalue weighted by Gasteiger charge is 2.28. The van der Waals surface area contributed by atoms with E-state index in [-0.39, 0.29) is 17.9 Å². The SMILES string of the molecule is CC(NC(=O)NCC(O)c1ccccc1F)c1ccc(OCC(F)(F)F)cc1. The van der Waals surface area contributed by atoms with Gasteiger partial charge in [-0.05, 0) is 30.7 Å². The molecule has 0 heterocycles. The molecule has 0 radical (unpaired) electrons. The summed E-state index contributed by atoms with van der Waals surface area (Å²) in [5.74, 6) is -0.510. The Kier molecular flexibility index (Phi) is 7.22. The maximum absolute atomic E-state index is 13.6. The summed E-state index contributed by atoms with van der Waals surface area (Å²) in [6.07, 6.45) is -5.62. The molecule has 2 rings (SSSR count). The molecular formula is C19H20F4N2O3. The number of hydrogen-bond acceptors (Lipinski definition) is 3. The predicted octanol–water partition coefficient (Wildman–Crippen LogP) is 3.86. The first kappa shape index (κ1) is 21.5. The molecule has 0 saturated heterocycles. The minimum absolute atomic E-state index is 0.0609. The number of carbonyl (C=O) groups excluding carboxylic acids is 1. The molecule has 2 aromatic rings. The fraction of sp³-hybridized carbons (Fsp3) is 0.316. The van der Waals surface area contributed by atoms with Crippen molar-refractivity contribution in [2.24, 2.45) is 0 Å². The van der Waals surface area contributed by atoms with Gasteiger partial charge >= 0.3 is 12.2 Å². The third kappa shape index (κ3) is 6.73. The Hall–Kier alpha value is -2.81. The quantitative estimate of drug-likeness (QED) is 0.618. The summed E-state index contributed by atoms with van der Waals surface area (Å²) in [6.45, 7) is 0.106. The van der Waals surface area contributed by atoms with E-state index in [4.69, 9.17) is 0 Å². The lowest BCUT2D eigenvalue weighted by Gasteiger charge is -2.17. The zero-order valence-electron chi connectivity index (χ0n) is 15.0. The number of hydrogen-bond donors (Lipinski definition) is 3. The summed E-state index contributed by atoms with van der Waals surface area (Å²) in [5.41, 5.74) is 0.717. The lowest BCUT2D eigenvalue weighted by atomic mass is 10.1. The molecule has 9 heteroatoms. The molecule has 0 aliphatic heterocycles. The molecular weight excluding hydrogens is 380 g/mol. The molecule has 5 nitrogen and oxygen atoms in total. The number of rotatable bonds is 7. The van der Waals surface area contributed by atoms with Gasteiger partial charge in [0.2, 0.25) is 0 Å². The Balaban J connectivity index is 1.82. The summed E-state index contributed by atoms with van der Waals surface area (Å²) < 4.78 is 54.6. The molecule has 2 amide bonds. The second-order valence-corrected chi connectivity index (χ2v) is 6.09. The standard InChI is InChI=1S/C19H20F4N2O3/c1-12(13-6-8-14(9-7-13)28-11-19(21,22)23)25-18(27)24-10-17(26)15-4-2-3-5-16(15)20/h2-9,12,17,26H,10-11H2,1H3,(H2,24,25,27). The molecule has 0 aliphatic rings. The number of alkyl halides is 3. The number of carbonyl (C=O) groups is 1. The van der Waals surface area contributed by atoms with E-state index in [1.54, 1.807) is 13.0 Å². The van der Waals surface area contributed by atoms with Crippen LogP contribution in [0.25, 0.3) is 0 Å². The lowest BCUT2D eigenvalue weighted by Crippen LogP contribution is -2.39. The first-order valence-electron chi connectivity index (χ1n) is 8.42. The van der Waals surface area contributed by atoms with Gasteiger partial charge in [-0.1, -0.05) is 30.3 Å². The molecule has 3 N–H and O–H groups in total. The minimum atomic E-state index is -4.42. The van der Waals surface area contributed by atoms with Crippen LogP contribution in [0.4, 0.5) is 22.4 Å². The monoisotopic (exact) mass is 400 g/mol. The van der Waals surface area contributed by atoms with Crippen molar-refractivity contribution in [1.82, 2.24) is 10.6 Å². The van der Waals surface area contributed by atoms with E-state index < -0.39 is 36.8 Å². The largest absolute Gasteiger partial charge is 0.484 e. The molecule has 28 heavy (non-hydrogen) atoms. The highest BCUT2D eigenvalue weighted by atomic mass is 19.4. The summed E-state index contributed by atoms with van der Waals surface area (Å²) in [5, 5.41) is 15.0. The first-order valence-corrected chi connectivity index (χ1v) is 8.42. The van der Waals surface area contributed by atoms with Gasteiger partial charge in [-0.25, -0.2) is 9.18 Å². The van der Waals surface area contributed by atoms with E-state index >= 15 is 0 Å². The van der Waals surface area contributed by atoms with Gasteiger partial charge in [0, 0.05) is 12.1 Å².